The standard InChI is InChI=1S/C10H21NO.C7H17N.C5H10O.2CH4/c1-9(2,3)8(12)7-11-10(4,5)6;1-5-6-8-7(2,3)4;1-5(2,3)4-6;;/h11H,7H2,1-6H3;8H,5-6H2,1-4H3;4H,1-3H3;2*1H4. The van der Waals surface area contributed by atoms with Crippen LogP contribution >= 0.6 is 0 Å². The average molecular weight is 405 g/mol. The molecular weight excluding hydrogens is 348 g/mol. The van der Waals surface area contributed by atoms with Gasteiger partial charge in [0, 0.05) is 21.9 Å². The summed E-state index contributed by atoms with van der Waals surface area (Å²) in [5.74, 6) is 0.262. The first-order chi connectivity index (χ1) is 11.2. The van der Waals surface area contributed by atoms with Gasteiger partial charge in [-0.2, -0.15) is 0 Å². The molecule has 0 unspecified atom stereocenters. The zero-order valence-electron chi connectivity index (χ0n) is 20.0. The van der Waals surface area contributed by atoms with Crippen molar-refractivity contribution >= 4 is 12.1 Å². The first-order valence-corrected chi connectivity index (χ1v) is 9.75. The van der Waals surface area contributed by atoms with Crippen molar-refractivity contribution in [1.29, 1.82) is 0 Å². The Morgan fingerprint density at radius 3 is 1.21 bits per heavy atom. The van der Waals surface area contributed by atoms with E-state index in [-0.39, 0.29) is 37.0 Å². The van der Waals surface area contributed by atoms with Crippen molar-refractivity contribution in [2.24, 2.45) is 10.8 Å². The molecule has 0 atom stereocenters. The first-order valence-electron chi connectivity index (χ1n) is 9.75. The summed E-state index contributed by atoms with van der Waals surface area (Å²) >= 11 is 0. The fourth-order valence-electron chi connectivity index (χ4n) is 1.11. The number of hydrogen-bond donors (Lipinski definition) is 2. The van der Waals surface area contributed by atoms with Crippen LogP contribution in [0.2, 0.25) is 0 Å². The number of nitrogens with one attached hydrogen (secondary N) is 2. The van der Waals surface area contributed by atoms with Gasteiger partial charge in [-0.1, -0.05) is 63.3 Å². The van der Waals surface area contributed by atoms with E-state index in [1.165, 1.54) is 6.42 Å². The largest absolute Gasteiger partial charge is 0.312 e. The van der Waals surface area contributed by atoms with E-state index in [9.17, 15) is 9.59 Å². The van der Waals surface area contributed by atoms with Gasteiger partial charge in [0.1, 0.15) is 6.29 Å². The van der Waals surface area contributed by atoms with E-state index in [1.54, 1.807) is 0 Å². The second-order valence-electron chi connectivity index (χ2n) is 10.9. The molecular formula is C24H56N2O2. The summed E-state index contributed by atoms with van der Waals surface area (Å²) in [7, 11) is 0. The normalized spacial score (nSPS) is 11.5. The highest BCUT2D eigenvalue weighted by atomic mass is 16.1. The number of aldehydes is 1. The van der Waals surface area contributed by atoms with Gasteiger partial charge in [-0.15, -0.1) is 0 Å². The van der Waals surface area contributed by atoms with Crippen LogP contribution in [0, 0.1) is 10.8 Å². The fourth-order valence-corrected chi connectivity index (χ4v) is 1.11. The summed E-state index contributed by atoms with van der Waals surface area (Å²) in [5.41, 5.74) is -0.0326. The number of hydrogen-bond acceptors (Lipinski definition) is 4. The zero-order chi connectivity index (χ0) is 21.8. The number of carbonyl (C=O) groups is 2. The maximum Gasteiger partial charge on any atom is 0.151 e. The van der Waals surface area contributed by atoms with Crippen molar-refractivity contribution in [3.63, 3.8) is 0 Å². The van der Waals surface area contributed by atoms with Gasteiger partial charge in [0.15, 0.2) is 5.78 Å². The lowest BCUT2D eigenvalue weighted by atomic mass is 9.90. The Bertz CT molecular complexity index is 375. The fraction of sp³-hybridized carbons (Fsp3) is 0.917. The van der Waals surface area contributed by atoms with Crippen LogP contribution in [0.5, 0.6) is 0 Å². The summed E-state index contributed by atoms with van der Waals surface area (Å²) in [6.45, 7) is 28.0. The second kappa shape index (κ2) is 16.1. The van der Waals surface area contributed by atoms with Crippen LogP contribution in [0.25, 0.3) is 0 Å². The van der Waals surface area contributed by atoms with Gasteiger partial charge in [0.25, 0.3) is 0 Å². The van der Waals surface area contributed by atoms with Crippen molar-refractivity contribution in [2.45, 2.75) is 122 Å². The molecule has 0 spiro atoms. The van der Waals surface area contributed by atoms with Crippen LogP contribution in [0.3, 0.4) is 0 Å². The summed E-state index contributed by atoms with van der Waals surface area (Å²) in [6.07, 6.45) is 2.16. The molecule has 0 amide bonds. The van der Waals surface area contributed by atoms with Gasteiger partial charge < -0.3 is 15.4 Å². The Kier molecular flexibility index (Phi) is 21.8. The van der Waals surface area contributed by atoms with Crippen LogP contribution in [0.1, 0.15) is 111 Å². The van der Waals surface area contributed by atoms with E-state index in [0.717, 1.165) is 12.8 Å². The molecule has 0 fully saturated rings. The number of rotatable bonds is 4. The van der Waals surface area contributed by atoms with Gasteiger partial charge in [-0.3, -0.25) is 4.79 Å². The number of carbonyl (C=O) groups excluding carboxylic acids is 2. The number of Topliss-reactive ketones (excluding diaryl/α,β-unsaturated/α-hetero) is 1. The molecule has 0 radical (unpaired) electrons. The van der Waals surface area contributed by atoms with E-state index in [0.29, 0.717) is 12.1 Å². The predicted molar refractivity (Wildman–Crippen MR) is 129 cm³/mol. The van der Waals surface area contributed by atoms with Gasteiger partial charge >= 0.3 is 0 Å². The first kappa shape index (κ1) is 37.9. The van der Waals surface area contributed by atoms with Crippen molar-refractivity contribution in [2.75, 3.05) is 13.1 Å². The summed E-state index contributed by atoms with van der Waals surface area (Å²) in [5, 5.41) is 6.55. The van der Waals surface area contributed by atoms with E-state index < -0.39 is 0 Å². The lowest BCUT2D eigenvalue weighted by Gasteiger charge is -2.23. The molecule has 0 heterocycles. The minimum absolute atomic E-state index is 0. The van der Waals surface area contributed by atoms with Crippen molar-refractivity contribution in [3.8, 4) is 0 Å². The molecule has 0 rings (SSSR count). The molecule has 4 heteroatoms. The van der Waals surface area contributed by atoms with Gasteiger partial charge in [0.05, 0.1) is 6.54 Å². The SMILES string of the molecule is C.C.CC(C)(C)C=O.CC(C)(C)NCC(=O)C(C)(C)C.CCCNC(C)(C)C. The molecule has 4 nitrogen and oxygen atoms in total. The van der Waals surface area contributed by atoms with E-state index in [4.69, 9.17) is 0 Å². The molecule has 174 valence electrons. The van der Waals surface area contributed by atoms with Crippen LogP contribution in [-0.4, -0.2) is 36.2 Å². The molecule has 0 aromatic rings. The highest BCUT2D eigenvalue weighted by molar-refractivity contribution is 5.85. The Morgan fingerprint density at radius 2 is 1.07 bits per heavy atom. The van der Waals surface area contributed by atoms with E-state index in [1.807, 2.05) is 41.5 Å². The highest BCUT2D eigenvalue weighted by Gasteiger charge is 2.22. The second-order valence-corrected chi connectivity index (χ2v) is 10.9. The summed E-state index contributed by atoms with van der Waals surface area (Å²) in [4.78, 5) is 21.3. The predicted octanol–water partition coefficient (Wildman–Crippen LogP) is 6.28. The molecule has 0 aliphatic carbocycles. The third kappa shape index (κ3) is 40.1. The quantitative estimate of drug-likeness (QED) is 0.541. The lowest BCUT2D eigenvalue weighted by molar-refractivity contribution is -0.125. The van der Waals surface area contributed by atoms with Gasteiger partial charge in [0.2, 0.25) is 0 Å². The molecule has 0 aromatic heterocycles. The van der Waals surface area contributed by atoms with E-state index in [2.05, 4.69) is 59.1 Å². The topological polar surface area (TPSA) is 58.2 Å². The molecule has 2 N–H and O–H groups in total. The maximum atomic E-state index is 11.4. The minimum Gasteiger partial charge on any atom is -0.312 e. The Hall–Kier alpha value is -0.740. The maximum absolute atomic E-state index is 11.4. The molecule has 0 bridgehead atoms. The lowest BCUT2D eigenvalue weighted by Crippen LogP contribution is -2.42. The van der Waals surface area contributed by atoms with Crippen molar-refractivity contribution < 1.29 is 9.59 Å². The van der Waals surface area contributed by atoms with E-state index >= 15 is 0 Å². The summed E-state index contributed by atoms with van der Waals surface area (Å²) in [6, 6.07) is 0. The Morgan fingerprint density at radius 1 is 0.750 bits per heavy atom. The minimum atomic E-state index is -0.224. The number of ketones is 1. The molecule has 28 heavy (non-hydrogen) atoms. The summed E-state index contributed by atoms with van der Waals surface area (Å²) < 4.78 is 0. The monoisotopic (exact) mass is 404 g/mol. The van der Waals surface area contributed by atoms with Crippen LogP contribution < -0.4 is 10.6 Å². The Labute approximate surface area is 179 Å². The Balaban J connectivity index is -0.0000000970. The third-order valence-corrected chi connectivity index (χ3v) is 2.87. The molecule has 0 aliphatic rings. The van der Waals surface area contributed by atoms with Crippen molar-refractivity contribution in [1.82, 2.24) is 10.6 Å². The van der Waals surface area contributed by atoms with Crippen LogP contribution in [-0.2, 0) is 9.59 Å². The van der Waals surface area contributed by atoms with Crippen molar-refractivity contribution in [3.05, 3.63) is 0 Å². The van der Waals surface area contributed by atoms with Crippen LogP contribution in [0.15, 0.2) is 0 Å². The molecule has 0 aliphatic heterocycles. The van der Waals surface area contributed by atoms with Gasteiger partial charge in [-0.25, -0.2) is 0 Å². The highest BCUT2D eigenvalue weighted by Crippen LogP contribution is 2.14. The molecule has 0 saturated carbocycles. The third-order valence-electron chi connectivity index (χ3n) is 2.87. The smallest absolute Gasteiger partial charge is 0.151 e. The molecule has 0 aromatic carbocycles. The molecule has 0 saturated heterocycles. The average Bonchev–Trinajstić information content (AvgIpc) is 2.40. The van der Waals surface area contributed by atoms with Gasteiger partial charge in [-0.05, 0) is 54.5 Å². The zero-order valence-corrected chi connectivity index (χ0v) is 20.0. The van der Waals surface area contributed by atoms with Crippen LogP contribution in [0.4, 0.5) is 0 Å².